The molecule has 5 heteroatoms. The average Bonchev–Trinajstić information content (AvgIpc) is 3.01. The van der Waals surface area contributed by atoms with Gasteiger partial charge in [0.25, 0.3) is 0 Å². The lowest BCUT2D eigenvalue weighted by molar-refractivity contribution is -0.126. The van der Waals surface area contributed by atoms with E-state index in [1.54, 1.807) is 6.33 Å². The summed E-state index contributed by atoms with van der Waals surface area (Å²) in [6, 6.07) is 6.28. The summed E-state index contributed by atoms with van der Waals surface area (Å²) in [5.41, 5.74) is 5.71. The number of hydrogen-bond acceptors (Lipinski definition) is 3. The van der Waals surface area contributed by atoms with Crippen LogP contribution in [-0.4, -0.2) is 39.3 Å². The summed E-state index contributed by atoms with van der Waals surface area (Å²) in [7, 11) is 0. The van der Waals surface area contributed by atoms with Crippen LogP contribution in [-0.2, 0) is 17.6 Å². The first kappa shape index (κ1) is 14.9. The maximum Gasteiger partial charge on any atom is 0.248 e. The summed E-state index contributed by atoms with van der Waals surface area (Å²) < 4.78 is 1.91. The SMILES string of the molecule is CCc1cn(C2=NCC(=O)N3CCc4c(C)cccc4C3=C2)cn1. The molecular formula is C19H20N4O. The summed E-state index contributed by atoms with van der Waals surface area (Å²) >= 11 is 0. The average molecular weight is 320 g/mol. The predicted molar refractivity (Wildman–Crippen MR) is 93.9 cm³/mol. The van der Waals surface area contributed by atoms with Gasteiger partial charge in [-0.1, -0.05) is 25.1 Å². The van der Waals surface area contributed by atoms with Crippen LogP contribution in [0.2, 0.25) is 0 Å². The third-order valence-electron chi connectivity index (χ3n) is 4.77. The van der Waals surface area contributed by atoms with Gasteiger partial charge in [-0.15, -0.1) is 0 Å². The summed E-state index contributed by atoms with van der Waals surface area (Å²) in [6.07, 6.45) is 7.55. The number of aliphatic imine (C=N–C) groups is 1. The van der Waals surface area contributed by atoms with Crippen LogP contribution in [0.5, 0.6) is 0 Å². The molecule has 0 bridgehead atoms. The third-order valence-corrected chi connectivity index (χ3v) is 4.77. The van der Waals surface area contributed by atoms with Gasteiger partial charge >= 0.3 is 0 Å². The molecule has 1 amide bonds. The quantitative estimate of drug-likeness (QED) is 0.810. The highest BCUT2D eigenvalue weighted by atomic mass is 16.2. The number of fused-ring (bicyclic) bond motifs is 3. The Morgan fingerprint density at radius 1 is 1.29 bits per heavy atom. The molecule has 2 aliphatic rings. The van der Waals surface area contributed by atoms with Crippen molar-refractivity contribution in [1.82, 2.24) is 14.5 Å². The van der Waals surface area contributed by atoms with Gasteiger partial charge in [0, 0.05) is 24.4 Å². The van der Waals surface area contributed by atoms with E-state index in [0.29, 0.717) is 0 Å². The van der Waals surface area contributed by atoms with E-state index in [9.17, 15) is 4.79 Å². The van der Waals surface area contributed by atoms with Crippen LogP contribution in [0.3, 0.4) is 0 Å². The van der Waals surface area contributed by atoms with Crippen molar-refractivity contribution in [3.8, 4) is 0 Å². The summed E-state index contributed by atoms with van der Waals surface area (Å²) in [4.78, 5) is 23.3. The number of amides is 1. The number of imidazole rings is 1. The van der Waals surface area contributed by atoms with Gasteiger partial charge < -0.3 is 4.90 Å². The topological polar surface area (TPSA) is 50.5 Å². The zero-order valence-corrected chi connectivity index (χ0v) is 14.0. The number of benzene rings is 1. The monoisotopic (exact) mass is 320 g/mol. The van der Waals surface area contributed by atoms with Gasteiger partial charge in [0.05, 0.1) is 11.4 Å². The Balaban J connectivity index is 1.84. The molecule has 0 unspecified atom stereocenters. The van der Waals surface area contributed by atoms with Crippen molar-refractivity contribution in [2.45, 2.75) is 26.7 Å². The first-order chi connectivity index (χ1) is 11.7. The van der Waals surface area contributed by atoms with E-state index in [1.165, 1.54) is 11.1 Å². The van der Waals surface area contributed by atoms with E-state index < -0.39 is 0 Å². The summed E-state index contributed by atoms with van der Waals surface area (Å²) in [5.74, 6) is 0.821. The molecule has 0 radical (unpaired) electrons. The van der Waals surface area contributed by atoms with Crippen LogP contribution in [0.25, 0.3) is 5.70 Å². The first-order valence-corrected chi connectivity index (χ1v) is 8.36. The molecular weight excluding hydrogens is 300 g/mol. The number of nitrogens with zero attached hydrogens (tertiary/aromatic N) is 4. The lowest BCUT2D eigenvalue weighted by Gasteiger charge is -2.31. The lowest BCUT2D eigenvalue weighted by Crippen LogP contribution is -2.36. The van der Waals surface area contributed by atoms with Crippen molar-refractivity contribution in [1.29, 1.82) is 0 Å². The Hall–Kier alpha value is -2.69. The minimum absolute atomic E-state index is 0.0548. The molecule has 0 spiro atoms. The van der Waals surface area contributed by atoms with Crippen LogP contribution in [0.1, 0.15) is 29.3 Å². The Morgan fingerprint density at radius 3 is 2.96 bits per heavy atom. The zero-order chi connectivity index (χ0) is 16.7. The van der Waals surface area contributed by atoms with Crippen molar-refractivity contribution in [2.75, 3.05) is 13.1 Å². The fraction of sp³-hybridized carbons (Fsp3) is 0.316. The van der Waals surface area contributed by atoms with E-state index in [-0.39, 0.29) is 12.5 Å². The van der Waals surface area contributed by atoms with Crippen molar-refractivity contribution in [2.24, 2.45) is 4.99 Å². The Morgan fingerprint density at radius 2 is 2.17 bits per heavy atom. The van der Waals surface area contributed by atoms with Crippen molar-refractivity contribution in [3.05, 3.63) is 59.2 Å². The highest BCUT2D eigenvalue weighted by Gasteiger charge is 2.28. The van der Waals surface area contributed by atoms with Crippen LogP contribution in [0, 0.1) is 6.92 Å². The van der Waals surface area contributed by atoms with Crippen molar-refractivity contribution in [3.63, 3.8) is 0 Å². The van der Waals surface area contributed by atoms with Gasteiger partial charge in [-0.3, -0.25) is 14.4 Å². The Bertz CT molecular complexity index is 875. The molecule has 2 aliphatic heterocycles. The van der Waals surface area contributed by atoms with Gasteiger partial charge in [-0.25, -0.2) is 4.98 Å². The zero-order valence-electron chi connectivity index (χ0n) is 14.0. The standard InChI is InChI=1S/C19H20N4O/c1-3-14-11-22(12-21-14)18-9-17-16-6-4-5-13(2)15(16)7-8-23(17)19(24)10-20-18/h4-6,9,11-12H,3,7-8,10H2,1-2H3. The maximum atomic E-state index is 12.5. The fourth-order valence-corrected chi connectivity index (χ4v) is 3.41. The second-order valence-corrected chi connectivity index (χ2v) is 6.23. The lowest BCUT2D eigenvalue weighted by atomic mass is 9.92. The number of carbonyl (C=O) groups excluding carboxylic acids is 1. The normalized spacial score (nSPS) is 16.9. The molecule has 0 saturated carbocycles. The molecule has 4 rings (SSSR count). The van der Waals surface area contributed by atoms with Gasteiger partial charge in [-0.05, 0) is 30.9 Å². The highest BCUT2D eigenvalue weighted by Crippen LogP contribution is 2.31. The van der Waals surface area contributed by atoms with E-state index in [0.717, 1.165) is 42.2 Å². The van der Waals surface area contributed by atoms with E-state index in [4.69, 9.17) is 0 Å². The molecule has 0 saturated heterocycles. The minimum atomic E-state index is 0.0548. The molecule has 0 aliphatic carbocycles. The number of aryl methyl sites for hydroxylation is 2. The number of allylic oxidation sites excluding steroid dienone is 1. The largest absolute Gasteiger partial charge is 0.310 e. The molecule has 1 aromatic carbocycles. The molecule has 1 aromatic heterocycles. The van der Waals surface area contributed by atoms with Crippen LogP contribution in [0.15, 0.2) is 41.8 Å². The van der Waals surface area contributed by atoms with Gasteiger partial charge in [0.2, 0.25) is 5.91 Å². The Kier molecular flexibility index (Phi) is 3.56. The smallest absolute Gasteiger partial charge is 0.248 e. The highest BCUT2D eigenvalue weighted by molar-refractivity contribution is 6.06. The van der Waals surface area contributed by atoms with Crippen LogP contribution < -0.4 is 0 Å². The second-order valence-electron chi connectivity index (χ2n) is 6.23. The number of hydrogen-bond donors (Lipinski definition) is 0. The minimum Gasteiger partial charge on any atom is -0.310 e. The van der Waals surface area contributed by atoms with Gasteiger partial charge in [0.15, 0.2) is 0 Å². The fourth-order valence-electron chi connectivity index (χ4n) is 3.41. The first-order valence-electron chi connectivity index (χ1n) is 8.36. The third kappa shape index (κ3) is 2.37. The predicted octanol–water partition coefficient (Wildman–Crippen LogP) is 2.44. The van der Waals surface area contributed by atoms with E-state index in [2.05, 4.69) is 42.0 Å². The van der Waals surface area contributed by atoms with Crippen LogP contribution in [0.4, 0.5) is 0 Å². The number of carbonyl (C=O) groups is 1. The molecule has 122 valence electrons. The molecule has 3 heterocycles. The van der Waals surface area contributed by atoms with Crippen LogP contribution >= 0.6 is 0 Å². The summed E-state index contributed by atoms with van der Waals surface area (Å²) in [6.45, 7) is 5.10. The van der Waals surface area contributed by atoms with E-state index in [1.807, 2.05) is 21.7 Å². The van der Waals surface area contributed by atoms with Crippen molar-refractivity contribution >= 4 is 17.4 Å². The molecule has 0 atom stereocenters. The molecule has 5 nitrogen and oxygen atoms in total. The van der Waals surface area contributed by atoms with Gasteiger partial charge in [0.1, 0.15) is 18.7 Å². The maximum absolute atomic E-state index is 12.5. The molecule has 24 heavy (non-hydrogen) atoms. The summed E-state index contributed by atoms with van der Waals surface area (Å²) in [5, 5.41) is 0. The van der Waals surface area contributed by atoms with Gasteiger partial charge in [-0.2, -0.15) is 0 Å². The molecule has 0 fully saturated rings. The molecule has 2 aromatic rings. The number of rotatable bonds is 1. The number of aromatic nitrogens is 2. The second kappa shape index (κ2) is 5.74. The molecule has 0 N–H and O–H groups in total. The Labute approximate surface area is 141 Å². The van der Waals surface area contributed by atoms with Crippen molar-refractivity contribution < 1.29 is 4.79 Å². The van der Waals surface area contributed by atoms with E-state index >= 15 is 0 Å².